The van der Waals surface area contributed by atoms with E-state index in [1.807, 2.05) is 0 Å². The van der Waals surface area contributed by atoms with Gasteiger partial charge in [-0.2, -0.15) is 0 Å². The molecule has 1 radical (unpaired) electrons. The van der Waals surface area contributed by atoms with Crippen LogP contribution in [0.1, 0.15) is 0 Å². The third-order valence-corrected chi connectivity index (χ3v) is 0. The van der Waals surface area contributed by atoms with Crippen molar-refractivity contribution in [1.29, 1.82) is 0 Å². The van der Waals surface area contributed by atoms with E-state index in [1.54, 1.807) is 0 Å². The molecule has 0 aliphatic heterocycles. The zero-order valence-electron chi connectivity index (χ0n) is 6.11. The fourth-order valence-corrected chi connectivity index (χ4v) is 0. The van der Waals surface area contributed by atoms with Gasteiger partial charge < -0.3 is 42.2 Å². The van der Waals surface area contributed by atoms with Crippen molar-refractivity contribution >= 4 is 44.9 Å². The molecule has 0 unspecified atom stereocenters. The van der Waals surface area contributed by atoms with Crippen molar-refractivity contribution in [3.63, 3.8) is 0 Å². The molecule has 0 saturated carbocycles. The Morgan fingerprint density at radius 3 is 0.571 bits per heavy atom. The Labute approximate surface area is 104 Å². The van der Waals surface area contributed by atoms with Crippen LogP contribution in [0.5, 0.6) is 0 Å². The Balaban J connectivity index is -0.0000000270. The summed E-state index contributed by atoms with van der Waals surface area (Å²) >= 11 is 0. The SMILES string of the molecule is O=[Si]([O-])[O-].O=[Si]([O-])[O-].O=[Si]([O-])[O-].[Al+3].[Fe+3]. The van der Waals surface area contributed by atoms with Crippen molar-refractivity contribution in [1.82, 2.24) is 0 Å². The molecule has 0 rings (SSSR count). The van der Waals surface area contributed by atoms with Crippen LogP contribution < -0.4 is 28.8 Å². The Hall–Kier alpha value is -0.0974. The van der Waals surface area contributed by atoms with Gasteiger partial charge in [0.25, 0.3) is 0 Å². The van der Waals surface area contributed by atoms with Crippen molar-refractivity contribution in [3.8, 4) is 0 Å². The van der Waals surface area contributed by atoms with E-state index in [0.29, 0.717) is 0 Å². The largest absolute Gasteiger partial charge is 3.00 e. The van der Waals surface area contributed by atoms with Gasteiger partial charge in [-0.05, 0) is 0 Å². The maximum absolute atomic E-state index is 8.52. The summed E-state index contributed by atoms with van der Waals surface area (Å²) in [5.74, 6) is 0. The standard InChI is InChI=1S/Al.Fe.3O3Si/c;;3*1-4(2)3/q2*+3;3*-2. The van der Waals surface area contributed by atoms with Crippen LogP contribution in [0.25, 0.3) is 0 Å². The van der Waals surface area contributed by atoms with Crippen molar-refractivity contribution in [2.75, 3.05) is 0 Å². The van der Waals surface area contributed by atoms with E-state index < -0.39 is 27.5 Å². The molecule has 14 heteroatoms. The average Bonchev–Trinajstić information content (AvgIpc) is 1.54. The molecule has 0 aromatic heterocycles. The molecule has 0 spiro atoms. The van der Waals surface area contributed by atoms with E-state index in [2.05, 4.69) is 0 Å². The first-order valence-electron chi connectivity index (χ1n) is 1.84. The van der Waals surface area contributed by atoms with Gasteiger partial charge in [0, 0.05) is 27.5 Å². The van der Waals surface area contributed by atoms with Crippen LogP contribution in [-0.2, 0) is 30.5 Å². The van der Waals surface area contributed by atoms with Crippen LogP contribution in [0.4, 0.5) is 0 Å². The summed E-state index contributed by atoms with van der Waals surface area (Å²) in [5, 5.41) is 0. The maximum Gasteiger partial charge on any atom is 3.00 e. The third kappa shape index (κ3) is 149000. The molecule has 0 aliphatic rings. The van der Waals surface area contributed by atoms with E-state index in [-0.39, 0.29) is 34.4 Å². The number of hydrogen-bond acceptors (Lipinski definition) is 9. The van der Waals surface area contributed by atoms with E-state index in [1.165, 1.54) is 0 Å². The van der Waals surface area contributed by atoms with Gasteiger partial charge >= 0.3 is 34.4 Å². The summed E-state index contributed by atoms with van der Waals surface area (Å²) in [6.07, 6.45) is 0. The predicted molar refractivity (Wildman–Crippen MR) is 25.1 cm³/mol. The molecule has 0 bridgehead atoms. The second kappa shape index (κ2) is 23.1. The molecule has 9 nitrogen and oxygen atoms in total. The van der Waals surface area contributed by atoms with Crippen molar-refractivity contribution in [2.24, 2.45) is 0 Å². The third-order valence-electron chi connectivity index (χ3n) is 0. The topological polar surface area (TPSA) is 190 Å². The van der Waals surface area contributed by atoms with E-state index in [0.717, 1.165) is 0 Å². The summed E-state index contributed by atoms with van der Waals surface area (Å²) in [6.45, 7) is 0. The maximum atomic E-state index is 8.52. The average molecular weight is 311 g/mol. The zero-order chi connectivity index (χ0) is 10.7. The molecule has 0 aromatic rings. The molecule has 0 N–H and O–H groups in total. The van der Waals surface area contributed by atoms with Gasteiger partial charge in [-0.1, -0.05) is 0 Å². The van der Waals surface area contributed by atoms with E-state index in [9.17, 15) is 0 Å². The molecule has 0 amide bonds. The van der Waals surface area contributed by atoms with Gasteiger partial charge in [0.15, 0.2) is 0 Å². The molecular formula is AlFeO9Si3. The normalized spacial score (nSPS) is 5.14. The zero-order valence-corrected chi connectivity index (χ0v) is 11.4. The van der Waals surface area contributed by atoms with Gasteiger partial charge in [0.2, 0.25) is 0 Å². The van der Waals surface area contributed by atoms with Crippen molar-refractivity contribution < 1.29 is 59.2 Å². The molecule has 0 saturated heterocycles. The molecular weight excluding hydrogens is 311 g/mol. The molecule has 77 valence electrons. The molecule has 0 fully saturated rings. The number of rotatable bonds is 0. The van der Waals surface area contributed by atoms with Gasteiger partial charge in [-0.25, -0.2) is 0 Å². The summed E-state index contributed by atoms with van der Waals surface area (Å²) in [4.78, 5) is 51.1. The van der Waals surface area contributed by atoms with Crippen molar-refractivity contribution in [3.05, 3.63) is 0 Å². The molecule has 0 aliphatic carbocycles. The second-order valence-corrected chi connectivity index (χ2v) is 2.25. The minimum Gasteiger partial charge on any atom is -0.672 e. The van der Waals surface area contributed by atoms with E-state index >= 15 is 0 Å². The minimum absolute atomic E-state index is 0. The molecule has 14 heavy (non-hydrogen) atoms. The quantitative estimate of drug-likeness (QED) is 0.391. The van der Waals surface area contributed by atoms with Crippen LogP contribution in [0.2, 0.25) is 0 Å². The van der Waals surface area contributed by atoms with Crippen LogP contribution in [-0.4, -0.2) is 44.9 Å². The van der Waals surface area contributed by atoms with Crippen LogP contribution >= 0.6 is 0 Å². The van der Waals surface area contributed by atoms with E-state index in [4.69, 9.17) is 42.2 Å². The van der Waals surface area contributed by atoms with Crippen molar-refractivity contribution in [2.45, 2.75) is 0 Å². The van der Waals surface area contributed by atoms with Gasteiger partial charge in [-0.3, -0.25) is 0 Å². The Morgan fingerprint density at radius 2 is 0.571 bits per heavy atom. The van der Waals surface area contributed by atoms with Gasteiger partial charge in [-0.15, -0.1) is 0 Å². The summed E-state index contributed by atoms with van der Waals surface area (Å²) < 4.78 is 25.6. The number of hydrogen-bond donors (Lipinski definition) is 0. The Kier molecular flexibility index (Phi) is 48.1. The van der Waals surface area contributed by atoms with Gasteiger partial charge in [0.05, 0.1) is 0 Å². The first-order chi connectivity index (χ1) is 5.20. The summed E-state index contributed by atoms with van der Waals surface area (Å²) in [6, 6.07) is 0. The fraction of sp³-hybridized carbons (Fsp3) is 0. The monoisotopic (exact) mass is 311 g/mol. The molecule has 0 aromatic carbocycles. The second-order valence-electron chi connectivity index (χ2n) is 0.750. The van der Waals surface area contributed by atoms with Crippen LogP contribution in [0.15, 0.2) is 0 Å². The molecule has 0 atom stereocenters. The fourth-order valence-electron chi connectivity index (χ4n) is 0. The van der Waals surface area contributed by atoms with Crippen LogP contribution in [0, 0.1) is 0 Å². The Bertz CT molecular complexity index is 118. The predicted octanol–water partition coefficient (Wildman–Crippen LogP) is -9.02. The minimum atomic E-state index is -3.63. The molecule has 0 heterocycles. The first-order valence-corrected chi connectivity index (χ1v) is 5.51. The summed E-state index contributed by atoms with van der Waals surface area (Å²) in [5.41, 5.74) is 0. The van der Waals surface area contributed by atoms with Gasteiger partial charge in [0.1, 0.15) is 0 Å². The van der Waals surface area contributed by atoms with Crippen LogP contribution in [0.3, 0.4) is 0 Å². The first kappa shape index (κ1) is 29.2. The Morgan fingerprint density at radius 1 is 0.571 bits per heavy atom. The smallest absolute Gasteiger partial charge is 0.672 e. The summed E-state index contributed by atoms with van der Waals surface area (Å²) in [7, 11) is -10.9.